The Hall–Kier alpha value is -2.16. The number of aromatic nitrogens is 2. The van der Waals surface area contributed by atoms with Crippen LogP contribution in [0.25, 0.3) is 11.0 Å². The SMILES string of the molecule is CCCc1ccc(C(=O)CSc2nc3cc(S(N)(=O)=O)ccc3n2CC)cc1. The highest BCUT2D eigenvalue weighted by molar-refractivity contribution is 7.99. The van der Waals surface area contributed by atoms with Gasteiger partial charge in [0.15, 0.2) is 10.9 Å². The Labute approximate surface area is 169 Å². The van der Waals surface area contributed by atoms with Crippen molar-refractivity contribution in [1.82, 2.24) is 9.55 Å². The van der Waals surface area contributed by atoms with Crippen molar-refractivity contribution in [3.63, 3.8) is 0 Å². The van der Waals surface area contributed by atoms with Gasteiger partial charge in [-0.25, -0.2) is 18.5 Å². The maximum Gasteiger partial charge on any atom is 0.238 e. The molecular weight excluding hydrogens is 394 g/mol. The molecule has 0 saturated carbocycles. The lowest BCUT2D eigenvalue weighted by Gasteiger charge is -2.06. The van der Waals surface area contributed by atoms with Crippen molar-refractivity contribution in [3.8, 4) is 0 Å². The van der Waals surface area contributed by atoms with Crippen molar-refractivity contribution in [2.75, 3.05) is 5.75 Å². The summed E-state index contributed by atoms with van der Waals surface area (Å²) in [4.78, 5) is 17.1. The van der Waals surface area contributed by atoms with Gasteiger partial charge in [-0.1, -0.05) is 49.4 Å². The molecule has 1 aromatic heterocycles. The molecule has 0 aliphatic rings. The number of fused-ring (bicyclic) bond motifs is 1. The van der Waals surface area contributed by atoms with Crippen molar-refractivity contribution in [1.29, 1.82) is 0 Å². The number of thioether (sulfide) groups is 1. The van der Waals surface area contributed by atoms with Crippen LogP contribution < -0.4 is 5.14 Å². The lowest BCUT2D eigenvalue weighted by atomic mass is 10.1. The number of ketones is 1. The second-order valence-electron chi connectivity index (χ2n) is 6.49. The fraction of sp³-hybridized carbons (Fsp3) is 0.300. The predicted molar refractivity (Wildman–Crippen MR) is 112 cm³/mol. The van der Waals surface area contributed by atoms with E-state index in [0.717, 1.165) is 18.4 Å². The number of imidazole rings is 1. The van der Waals surface area contributed by atoms with Crippen LogP contribution in [0.1, 0.15) is 36.2 Å². The summed E-state index contributed by atoms with van der Waals surface area (Å²) in [5, 5.41) is 5.89. The average molecular weight is 418 g/mol. The molecule has 2 N–H and O–H groups in total. The molecule has 0 aliphatic carbocycles. The molecule has 6 nitrogen and oxygen atoms in total. The molecule has 3 aromatic rings. The molecule has 148 valence electrons. The van der Waals surface area contributed by atoms with Gasteiger partial charge in [-0.15, -0.1) is 0 Å². The fourth-order valence-electron chi connectivity index (χ4n) is 3.04. The van der Waals surface area contributed by atoms with Crippen molar-refractivity contribution in [3.05, 3.63) is 53.6 Å². The molecule has 0 bridgehead atoms. The number of aryl methyl sites for hydroxylation is 2. The number of hydrogen-bond donors (Lipinski definition) is 1. The lowest BCUT2D eigenvalue weighted by Crippen LogP contribution is -2.11. The monoisotopic (exact) mass is 417 g/mol. The fourth-order valence-corrected chi connectivity index (χ4v) is 4.55. The molecule has 3 rings (SSSR count). The second-order valence-corrected chi connectivity index (χ2v) is 9.00. The molecule has 2 aromatic carbocycles. The predicted octanol–water partition coefficient (Wildman–Crippen LogP) is 3.63. The van der Waals surface area contributed by atoms with Crippen LogP contribution in [0.5, 0.6) is 0 Å². The van der Waals surface area contributed by atoms with E-state index in [4.69, 9.17) is 5.14 Å². The number of Topliss-reactive ketones (excluding diaryl/α,β-unsaturated/α-hetero) is 1. The number of carbonyl (C=O) groups excluding carboxylic acids is 1. The van der Waals surface area contributed by atoms with Crippen LogP contribution in [-0.2, 0) is 23.0 Å². The number of rotatable bonds is 8. The summed E-state index contributed by atoms with van der Waals surface area (Å²) in [5.41, 5.74) is 3.27. The summed E-state index contributed by atoms with van der Waals surface area (Å²) in [6.45, 7) is 4.77. The minimum absolute atomic E-state index is 0.0283. The number of primary sulfonamides is 1. The smallest absolute Gasteiger partial charge is 0.238 e. The van der Waals surface area contributed by atoms with E-state index in [-0.39, 0.29) is 16.4 Å². The van der Waals surface area contributed by atoms with Gasteiger partial charge in [-0.3, -0.25) is 4.79 Å². The van der Waals surface area contributed by atoms with Gasteiger partial charge in [0.2, 0.25) is 10.0 Å². The van der Waals surface area contributed by atoms with Crippen LogP contribution in [0.15, 0.2) is 52.5 Å². The van der Waals surface area contributed by atoms with Crippen molar-refractivity contribution >= 4 is 38.6 Å². The quantitative estimate of drug-likeness (QED) is 0.446. The first kappa shape index (κ1) is 20.6. The van der Waals surface area contributed by atoms with Crippen LogP contribution in [0.3, 0.4) is 0 Å². The molecule has 0 spiro atoms. The number of nitrogens with zero attached hydrogens (tertiary/aromatic N) is 2. The van der Waals surface area contributed by atoms with Gasteiger partial charge >= 0.3 is 0 Å². The number of sulfonamides is 1. The Morgan fingerprint density at radius 2 is 1.86 bits per heavy atom. The van der Waals surface area contributed by atoms with Gasteiger partial charge < -0.3 is 4.57 Å². The third-order valence-corrected chi connectivity index (χ3v) is 6.36. The molecule has 0 aliphatic heterocycles. The second kappa shape index (κ2) is 8.46. The number of hydrogen-bond acceptors (Lipinski definition) is 5. The Balaban J connectivity index is 1.80. The van der Waals surface area contributed by atoms with E-state index in [0.29, 0.717) is 22.8 Å². The van der Waals surface area contributed by atoms with Crippen molar-refractivity contribution in [2.24, 2.45) is 5.14 Å². The van der Waals surface area contributed by atoms with E-state index < -0.39 is 10.0 Å². The first-order valence-corrected chi connectivity index (χ1v) is 11.6. The zero-order valence-electron chi connectivity index (χ0n) is 15.9. The number of benzene rings is 2. The normalized spacial score (nSPS) is 11.8. The molecule has 0 atom stereocenters. The summed E-state index contributed by atoms with van der Waals surface area (Å²) in [7, 11) is -3.78. The highest BCUT2D eigenvalue weighted by Gasteiger charge is 2.16. The summed E-state index contributed by atoms with van der Waals surface area (Å²) in [6.07, 6.45) is 2.08. The minimum atomic E-state index is -3.78. The highest BCUT2D eigenvalue weighted by atomic mass is 32.2. The van der Waals surface area contributed by atoms with Crippen LogP contribution in [0.2, 0.25) is 0 Å². The third-order valence-electron chi connectivity index (χ3n) is 4.48. The van der Waals surface area contributed by atoms with Gasteiger partial charge in [0.1, 0.15) is 0 Å². The first-order chi connectivity index (χ1) is 13.3. The number of carbonyl (C=O) groups is 1. The average Bonchev–Trinajstić information content (AvgIpc) is 3.03. The van der Waals surface area contributed by atoms with Crippen LogP contribution in [0, 0.1) is 0 Å². The lowest BCUT2D eigenvalue weighted by molar-refractivity contribution is 0.102. The van der Waals surface area contributed by atoms with Gasteiger partial charge in [0, 0.05) is 12.1 Å². The molecule has 0 radical (unpaired) electrons. The molecule has 1 heterocycles. The van der Waals surface area contributed by atoms with Gasteiger partial charge in [0.25, 0.3) is 0 Å². The molecular formula is C20H23N3O3S2. The molecule has 0 unspecified atom stereocenters. The van der Waals surface area contributed by atoms with E-state index in [9.17, 15) is 13.2 Å². The minimum Gasteiger partial charge on any atom is -0.319 e. The van der Waals surface area contributed by atoms with E-state index >= 15 is 0 Å². The largest absolute Gasteiger partial charge is 0.319 e. The summed E-state index contributed by atoms with van der Waals surface area (Å²) in [5.74, 6) is 0.298. The molecule has 28 heavy (non-hydrogen) atoms. The van der Waals surface area contributed by atoms with Gasteiger partial charge in [-0.05, 0) is 37.1 Å². The molecule has 0 amide bonds. The Morgan fingerprint density at radius 3 is 2.46 bits per heavy atom. The van der Waals surface area contributed by atoms with E-state index in [1.807, 2.05) is 35.8 Å². The van der Waals surface area contributed by atoms with E-state index in [1.165, 1.54) is 29.5 Å². The van der Waals surface area contributed by atoms with E-state index in [1.54, 1.807) is 6.07 Å². The topological polar surface area (TPSA) is 95.1 Å². The van der Waals surface area contributed by atoms with Crippen LogP contribution >= 0.6 is 11.8 Å². The Bertz CT molecular complexity index is 1100. The maximum absolute atomic E-state index is 12.5. The van der Waals surface area contributed by atoms with Crippen LogP contribution in [0.4, 0.5) is 0 Å². The number of nitrogens with two attached hydrogens (primary N) is 1. The third kappa shape index (κ3) is 4.45. The molecule has 0 saturated heterocycles. The van der Waals surface area contributed by atoms with Crippen LogP contribution in [-0.4, -0.2) is 29.5 Å². The highest BCUT2D eigenvalue weighted by Crippen LogP contribution is 2.26. The Morgan fingerprint density at radius 1 is 1.14 bits per heavy atom. The Kier molecular flexibility index (Phi) is 6.22. The van der Waals surface area contributed by atoms with Crippen molar-refractivity contribution in [2.45, 2.75) is 43.3 Å². The zero-order valence-corrected chi connectivity index (χ0v) is 17.5. The molecule has 8 heteroatoms. The van der Waals surface area contributed by atoms with Gasteiger partial charge in [0.05, 0.1) is 21.7 Å². The summed E-state index contributed by atoms with van der Waals surface area (Å²) >= 11 is 1.35. The molecule has 0 fully saturated rings. The van der Waals surface area contributed by atoms with E-state index in [2.05, 4.69) is 11.9 Å². The standard InChI is InChI=1S/C20H23N3O3S2/c1-3-5-14-6-8-15(9-7-14)19(24)13-27-20-22-17-12-16(28(21,25)26)10-11-18(17)23(20)4-2/h6-12H,3-5,13H2,1-2H3,(H2,21,25,26). The first-order valence-electron chi connectivity index (χ1n) is 9.11. The maximum atomic E-state index is 12.5. The summed E-state index contributed by atoms with van der Waals surface area (Å²) < 4.78 is 25.1. The summed E-state index contributed by atoms with van der Waals surface area (Å²) in [6, 6.07) is 12.4. The zero-order chi connectivity index (χ0) is 20.3. The van der Waals surface area contributed by atoms with Gasteiger partial charge in [-0.2, -0.15) is 0 Å². The van der Waals surface area contributed by atoms with Crippen molar-refractivity contribution < 1.29 is 13.2 Å².